The van der Waals surface area contributed by atoms with Crippen LogP contribution in [-0.4, -0.2) is 16.0 Å². The fraction of sp³-hybridized carbons (Fsp3) is 0.350. The van der Waals surface area contributed by atoms with Crippen LogP contribution in [0.25, 0.3) is 5.65 Å². The molecule has 1 aromatic carbocycles. The van der Waals surface area contributed by atoms with E-state index in [2.05, 4.69) is 44.0 Å². The lowest BCUT2D eigenvalue weighted by molar-refractivity contribution is 0.318. The largest absolute Gasteiger partial charge is 0.491 e. The van der Waals surface area contributed by atoms with Crippen molar-refractivity contribution in [3.8, 4) is 5.75 Å². The van der Waals surface area contributed by atoms with E-state index < -0.39 is 0 Å². The van der Waals surface area contributed by atoms with E-state index in [0.29, 0.717) is 6.61 Å². The van der Waals surface area contributed by atoms with Crippen molar-refractivity contribution >= 4 is 17.2 Å². The van der Waals surface area contributed by atoms with Gasteiger partial charge in [-0.25, -0.2) is 4.98 Å². The number of aryl methyl sites for hydroxylation is 1. The first-order valence-electron chi connectivity index (χ1n) is 8.72. The third kappa shape index (κ3) is 3.71. The van der Waals surface area contributed by atoms with E-state index in [-0.39, 0.29) is 5.92 Å². The number of rotatable bonds is 6. The first-order valence-corrected chi connectivity index (χ1v) is 8.72. The SMILES string of the molecule is CCCOc1ccccc1N=Nc1c(C(C)C)nc2ccc(C)cn12. The Labute approximate surface area is 148 Å². The fourth-order valence-electron chi connectivity index (χ4n) is 2.62. The van der Waals surface area contributed by atoms with E-state index >= 15 is 0 Å². The number of hydrogen-bond donors (Lipinski definition) is 0. The molecular formula is C20H24N4O. The third-order valence-electron chi connectivity index (χ3n) is 3.89. The maximum Gasteiger partial charge on any atom is 0.183 e. The number of azo groups is 1. The van der Waals surface area contributed by atoms with Crippen LogP contribution in [0.2, 0.25) is 0 Å². The van der Waals surface area contributed by atoms with Crippen LogP contribution in [0.1, 0.15) is 44.4 Å². The molecule has 0 radical (unpaired) electrons. The summed E-state index contributed by atoms with van der Waals surface area (Å²) < 4.78 is 7.77. The van der Waals surface area contributed by atoms with Crippen LogP contribution in [0.4, 0.5) is 11.5 Å². The van der Waals surface area contributed by atoms with Crippen LogP contribution in [0.15, 0.2) is 52.8 Å². The van der Waals surface area contributed by atoms with Gasteiger partial charge < -0.3 is 4.74 Å². The van der Waals surface area contributed by atoms with Crippen LogP contribution in [0.3, 0.4) is 0 Å². The van der Waals surface area contributed by atoms with Crippen molar-refractivity contribution in [2.24, 2.45) is 10.2 Å². The van der Waals surface area contributed by atoms with Crippen molar-refractivity contribution in [3.63, 3.8) is 0 Å². The van der Waals surface area contributed by atoms with E-state index in [0.717, 1.165) is 40.6 Å². The Balaban J connectivity index is 2.04. The topological polar surface area (TPSA) is 51.2 Å². The smallest absolute Gasteiger partial charge is 0.183 e. The zero-order chi connectivity index (χ0) is 17.8. The predicted molar refractivity (Wildman–Crippen MR) is 100 cm³/mol. The number of hydrogen-bond acceptors (Lipinski definition) is 4. The number of nitrogens with zero attached hydrogens (tertiary/aromatic N) is 4. The summed E-state index contributed by atoms with van der Waals surface area (Å²) in [4.78, 5) is 4.72. The summed E-state index contributed by atoms with van der Waals surface area (Å²) in [5, 5.41) is 9.00. The molecular weight excluding hydrogens is 312 g/mol. The number of benzene rings is 1. The van der Waals surface area contributed by atoms with Gasteiger partial charge in [-0.3, -0.25) is 4.40 Å². The van der Waals surface area contributed by atoms with Gasteiger partial charge in [0.1, 0.15) is 17.1 Å². The number of ether oxygens (including phenoxy) is 1. The van der Waals surface area contributed by atoms with Gasteiger partial charge in [0.25, 0.3) is 0 Å². The Bertz CT molecular complexity index is 896. The van der Waals surface area contributed by atoms with Gasteiger partial charge in [-0.05, 0) is 43.0 Å². The van der Waals surface area contributed by atoms with Crippen LogP contribution in [-0.2, 0) is 0 Å². The predicted octanol–water partition coefficient (Wildman–Crippen LogP) is 5.97. The maximum atomic E-state index is 5.76. The van der Waals surface area contributed by atoms with E-state index in [4.69, 9.17) is 9.72 Å². The second-order valence-corrected chi connectivity index (χ2v) is 6.43. The second kappa shape index (κ2) is 7.47. The van der Waals surface area contributed by atoms with Crippen LogP contribution >= 0.6 is 0 Å². The van der Waals surface area contributed by atoms with E-state index in [9.17, 15) is 0 Å². The lowest BCUT2D eigenvalue weighted by Gasteiger charge is -2.07. The summed E-state index contributed by atoms with van der Waals surface area (Å²) in [6.07, 6.45) is 3.00. The molecule has 0 bridgehead atoms. The summed E-state index contributed by atoms with van der Waals surface area (Å²) in [5.74, 6) is 1.80. The highest BCUT2D eigenvalue weighted by atomic mass is 16.5. The molecule has 0 aliphatic rings. The molecule has 3 aromatic rings. The standard InChI is InChI=1S/C20H24N4O/c1-5-12-25-17-9-7-6-8-16(17)22-23-20-19(14(2)3)21-18-11-10-15(4)13-24(18)20/h6-11,13-14H,5,12H2,1-4H3. The summed E-state index contributed by atoms with van der Waals surface area (Å²) in [7, 11) is 0. The molecule has 3 rings (SSSR count). The molecule has 0 atom stereocenters. The molecule has 0 fully saturated rings. The molecule has 2 heterocycles. The van der Waals surface area contributed by atoms with Gasteiger partial charge in [0, 0.05) is 6.20 Å². The van der Waals surface area contributed by atoms with E-state index in [1.165, 1.54) is 0 Å². The Kier molecular flexibility index (Phi) is 5.12. The molecule has 130 valence electrons. The Hall–Kier alpha value is -2.69. The molecule has 0 unspecified atom stereocenters. The van der Waals surface area contributed by atoms with Gasteiger partial charge in [-0.1, -0.05) is 39.0 Å². The average molecular weight is 336 g/mol. The molecule has 2 aromatic heterocycles. The van der Waals surface area contributed by atoms with E-state index in [1.54, 1.807) is 0 Å². The highest BCUT2D eigenvalue weighted by Crippen LogP contribution is 2.32. The monoisotopic (exact) mass is 336 g/mol. The number of para-hydroxylation sites is 1. The van der Waals surface area contributed by atoms with Crippen LogP contribution in [0, 0.1) is 6.92 Å². The van der Waals surface area contributed by atoms with Crippen LogP contribution in [0.5, 0.6) is 5.75 Å². The molecule has 5 nitrogen and oxygen atoms in total. The Morgan fingerprint density at radius 2 is 1.92 bits per heavy atom. The van der Waals surface area contributed by atoms with Crippen molar-refractivity contribution in [1.82, 2.24) is 9.38 Å². The third-order valence-corrected chi connectivity index (χ3v) is 3.89. The van der Waals surface area contributed by atoms with Gasteiger partial charge >= 0.3 is 0 Å². The zero-order valence-electron chi connectivity index (χ0n) is 15.2. The average Bonchev–Trinajstić information content (AvgIpc) is 2.97. The van der Waals surface area contributed by atoms with Crippen molar-refractivity contribution in [3.05, 3.63) is 53.9 Å². The number of pyridine rings is 1. The molecule has 0 aliphatic heterocycles. The minimum atomic E-state index is 0.265. The molecule has 0 saturated carbocycles. The Morgan fingerprint density at radius 3 is 2.68 bits per heavy atom. The van der Waals surface area contributed by atoms with Crippen molar-refractivity contribution < 1.29 is 4.74 Å². The molecule has 0 amide bonds. The minimum Gasteiger partial charge on any atom is -0.491 e. The normalized spacial score (nSPS) is 11.7. The second-order valence-electron chi connectivity index (χ2n) is 6.43. The molecule has 0 spiro atoms. The zero-order valence-corrected chi connectivity index (χ0v) is 15.2. The van der Waals surface area contributed by atoms with Gasteiger partial charge in [-0.15, -0.1) is 10.2 Å². The molecule has 0 saturated heterocycles. The fourth-order valence-corrected chi connectivity index (χ4v) is 2.62. The van der Waals surface area contributed by atoms with Crippen molar-refractivity contribution in [2.75, 3.05) is 6.61 Å². The highest BCUT2D eigenvalue weighted by Gasteiger charge is 2.15. The molecule has 0 aliphatic carbocycles. The quantitative estimate of drug-likeness (QED) is 0.521. The maximum absolute atomic E-state index is 5.76. The first kappa shape index (κ1) is 17.1. The number of fused-ring (bicyclic) bond motifs is 1. The van der Waals surface area contributed by atoms with Crippen LogP contribution < -0.4 is 4.74 Å². The summed E-state index contributed by atoms with van der Waals surface area (Å²) in [6, 6.07) is 11.8. The van der Waals surface area contributed by atoms with Gasteiger partial charge in [0.2, 0.25) is 0 Å². The summed E-state index contributed by atoms with van der Waals surface area (Å²) in [6.45, 7) is 9.04. The minimum absolute atomic E-state index is 0.265. The molecule has 0 N–H and O–H groups in total. The van der Waals surface area contributed by atoms with Crippen molar-refractivity contribution in [2.45, 2.75) is 40.0 Å². The molecule has 25 heavy (non-hydrogen) atoms. The summed E-state index contributed by atoms with van der Waals surface area (Å²) >= 11 is 0. The number of aromatic nitrogens is 2. The van der Waals surface area contributed by atoms with E-state index in [1.807, 2.05) is 40.9 Å². The highest BCUT2D eigenvalue weighted by molar-refractivity contribution is 5.55. The van der Waals surface area contributed by atoms with Gasteiger partial charge in [0.15, 0.2) is 5.82 Å². The first-order chi connectivity index (χ1) is 12.1. The lowest BCUT2D eigenvalue weighted by Crippen LogP contribution is -1.94. The van der Waals surface area contributed by atoms with Gasteiger partial charge in [-0.2, -0.15) is 0 Å². The lowest BCUT2D eigenvalue weighted by atomic mass is 10.1. The van der Waals surface area contributed by atoms with Crippen molar-refractivity contribution in [1.29, 1.82) is 0 Å². The molecule has 5 heteroatoms. The Morgan fingerprint density at radius 1 is 1.12 bits per heavy atom. The summed E-state index contributed by atoms with van der Waals surface area (Å²) in [5.41, 5.74) is 3.72. The van der Waals surface area contributed by atoms with Gasteiger partial charge in [0.05, 0.1) is 12.3 Å². The number of imidazole rings is 1.